The molecule has 0 unspecified atom stereocenters. The fraction of sp³-hybridized carbons (Fsp3) is 0.857. The van der Waals surface area contributed by atoms with E-state index in [1.165, 1.54) is 0 Å². The van der Waals surface area contributed by atoms with E-state index in [2.05, 4.69) is 4.40 Å². The Morgan fingerprint density at radius 1 is 1.29 bits per heavy atom. The maximum Gasteiger partial charge on any atom is 0.343 e. The van der Waals surface area contributed by atoms with Crippen molar-refractivity contribution < 1.29 is 18.0 Å². The van der Waals surface area contributed by atoms with Gasteiger partial charge in [-0.25, -0.2) is 0 Å². The lowest BCUT2D eigenvalue weighted by molar-refractivity contribution is -0.862. The van der Waals surface area contributed by atoms with Crippen molar-refractivity contribution in [2.45, 2.75) is 20.8 Å². The minimum atomic E-state index is -4.10. The third kappa shape index (κ3) is 3.43. The molecule has 0 aliphatic heterocycles. The van der Waals surface area contributed by atoms with Crippen molar-refractivity contribution >= 4 is 25.9 Å². The van der Waals surface area contributed by atoms with E-state index >= 15 is 0 Å². The van der Waals surface area contributed by atoms with Gasteiger partial charge in [0, 0.05) is 10.7 Å². The van der Waals surface area contributed by atoms with Crippen molar-refractivity contribution in [1.29, 1.82) is 0 Å². The molecule has 0 saturated carbocycles. The Kier molecular flexibility index (Phi) is 4.83. The van der Waals surface area contributed by atoms with Gasteiger partial charge in [0.25, 0.3) is 0 Å². The summed E-state index contributed by atoms with van der Waals surface area (Å²) in [7, 11) is 0.775. The Hall–Kier alpha value is -0.330. The largest absolute Gasteiger partial charge is 0.815 e. The van der Waals surface area contributed by atoms with Gasteiger partial charge in [-0.15, -0.1) is 4.40 Å². The van der Waals surface area contributed by atoms with E-state index in [9.17, 15) is 13.5 Å². The Morgan fingerprint density at radius 3 is 1.86 bits per heavy atom. The zero-order valence-corrected chi connectivity index (χ0v) is 10.1. The van der Waals surface area contributed by atoms with Crippen LogP contribution in [0.1, 0.15) is 20.8 Å². The molecule has 0 aliphatic rings. The van der Waals surface area contributed by atoms with E-state index in [0.29, 0.717) is 19.6 Å². The standard InChI is InChI=1S/C7H15ClN2O3S/c1-4-10(5-2,6-3)7(11)9-14(8,12)13/h4-6H2,1-3H3. The van der Waals surface area contributed by atoms with Gasteiger partial charge in [0.2, 0.25) is 0 Å². The quantitative estimate of drug-likeness (QED) is 0.303. The first-order valence-corrected chi connectivity index (χ1v) is 6.66. The summed E-state index contributed by atoms with van der Waals surface area (Å²) >= 11 is 0. The lowest BCUT2D eigenvalue weighted by Gasteiger charge is -2.37. The molecule has 0 saturated heterocycles. The number of amidine groups is 1. The van der Waals surface area contributed by atoms with Crippen molar-refractivity contribution in [2.24, 2.45) is 4.40 Å². The average Bonchev–Trinajstić information content (AvgIpc) is 2.05. The summed E-state index contributed by atoms with van der Waals surface area (Å²) in [5.41, 5.74) is 0. The molecule has 0 aromatic carbocycles. The predicted octanol–water partition coefficient (Wildman–Crippen LogP) is 0.0628. The van der Waals surface area contributed by atoms with Gasteiger partial charge >= 0.3 is 9.24 Å². The molecule has 5 nitrogen and oxygen atoms in total. The number of nitrogens with zero attached hydrogens (tertiary/aromatic N) is 2. The molecule has 0 aromatic rings. The summed E-state index contributed by atoms with van der Waals surface area (Å²) in [4.78, 5) is 0. The fourth-order valence-electron chi connectivity index (χ4n) is 1.26. The highest BCUT2D eigenvalue weighted by Crippen LogP contribution is 2.08. The van der Waals surface area contributed by atoms with Crippen LogP contribution in [0.3, 0.4) is 0 Å². The van der Waals surface area contributed by atoms with Crippen LogP contribution < -0.4 is 5.11 Å². The molecule has 0 rings (SSSR count). The summed E-state index contributed by atoms with van der Waals surface area (Å²) in [5, 5.41) is 11.5. The van der Waals surface area contributed by atoms with Gasteiger partial charge in [0.15, 0.2) is 6.02 Å². The molecule has 0 heterocycles. The highest BCUT2D eigenvalue weighted by atomic mass is 35.7. The van der Waals surface area contributed by atoms with Crippen LogP contribution in [0.5, 0.6) is 0 Å². The fourth-order valence-corrected chi connectivity index (χ4v) is 1.79. The highest BCUT2D eigenvalue weighted by Gasteiger charge is 2.23. The van der Waals surface area contributed by atoms with E-state index in [4.69, 9.17) is 10.7 Å². The third-order valence-electron chi connectivity index (χ3n) is 2.41. The molecule has 84 valence electrons. The van der Waals surface area contributed by atoms with E-state index in [1.807, 2.05) is 0 Å². The van der Waals surface area contributed by atoms with Crippen molar-refractivity contribution in [2.75, 3.05) is 19.6 Å². The molecule has 0 aliphatic carbocycles. The zero-order valence-electron chi connectivity index (χ0n) is 8.53. The van der Waals surface area contributed by atoms with Gasteiger partial charge in [-0.2, -0.15) is 8.42 Å². The SMILES string of the molecule is CC[N+](CC)(CC)/C([O-])=N/S(=O)(=O)Cl. The molecular weight excluding hydrogens is 228 g/mol. The lowest BCUT2D eigenvalue weighted by Crippen LogP contribution is -2.57. The van der Waals surface area contributed by atoms with Crippen LogP contribution in [0.2, 0.25) is 0 Å². The zero-order chi connectivity index (χ0) is 11.4. The van der Waals surface area contributed by atoms with Crippen LogP contribution in [-0.2, 0) is 9.24 Å². The first-order chi connectivity index (χ1) is 6.31. The van der Waals surface area contributed by atoms with Gasteiger partial charge < -0.3 is 5.11 Å². The van der Waals surface area contributed by atoms with Gasteiger partial charge in [0.1, 0.15) is 0 Å². The number of hydrogen-bond donors (Lipinski definition) is 0. The van der Waals surface area contributed by atoms with Crippen molar-refractivity contribution in [3.05, 3.63) is 0 Å². The van der Waals surface area contributed by atoms with Crippen LogP contribution in [0, 0.1) is 0 Å². The molecule has 7 heteroatoms. The molecule has 0 radical (unpaired) electrons. The molecule has 0 atom stereocenters. The van der Waals surface area contributed by atoms with Crippen molar-refractivity contribution in [3.63, 3.8) is 0 Å². The van der Waals surface area contributed by atoms with Crippen LogP contribution in [0.25, 0.3) is 0 Å². The number of hydrogen-bond acceptors (Lipinski definition) is 3. The third-order valence-corrected chi connectivity index (χ3v) is 2.99. The lowest BCUT2D eigenvalue weighted by atomic mass is 10.4. The second-order valence-corrected chi connectivity index (χ2v) is 5.06. The minimum absolute atomic E-state index is 0.00590. The molecule has 0 bridgehead atoms. The van der Waals surface area contributed by atoms with E-state index < -0.39 is 15.3 Å². The summed E-state index contributed by atoms with van der Waals surface area (Å²) in [6.07, 6.45) is 0. The molecule has 0 aromatic heterocycles. The maximum atomic E-state index is 11.5. The van der Waals surface area contributed by atoms with E-state index in [-0.39, 0.29) is 4.48 Å². The van der Waals surface area contributed by atoms with Gasteiger partial charge in [-0.1, -0.05) is 0 Å². The first kappa shape index (κ1) is 13.7. The molecule has 0 N–H and O–H groups in total. The number of halogens is 1. The van der Waals surface area contributed by atoms with Gasteiger partial charge in [0.05, 0.1) is 19.6 Å². The summed E-state index contributed by atoms with van der Waals surface area (Å²) in [5.74, 6) is 0. The van der Waals surface area contributed by atoms with Crippen LogP contribution in [0.15, 0.2) is 4.40 Å². The smallest absolute Gasteiger partial charge is 0.343 e. The number of quaternary nitrogens is 1. The molecule has 14 heavy (non-hydrogen) atoms. The van der Waals surface area contributed by atoms with Crippen LogP contribution in [0.4, 0.5) is 0 Å². The van der Waals surface area contributed by atoms with Crippen molar-refractivity contribution in [1.82, 2.24) is 0 Å². The normalized spacial score (nSPS) is 14.4. The van der Waals surface area contributed by atoms with Gasteiger partial charge in [-0.05, 0) is 20.8 Å². The molecule has 0 fully saturated rings. The summed E-state index contributed by atoms with van der Waals surface area (Å²) in [6, 6.07) is -0.701. The topological polar surface area (TPSA) is 69.6 Å². The Bertz CT molecular complexity index is 301. The second-order valence-electron chi connectivity index (χ2n) is 2.88. The average molecular weight is 243 g/mol. The van der Waals surface area contributed by atoms with E-state index in [0.717, 1.165) is 0 Å². The molecular formula is C7H15ClN2O3S. The Balaban J connectivity index is 5.14. The molecule has 0 amide bonds. The Labute approximate surface area is 89.2 Å². The Morgan fingerprint density at radius 2 is 1.64 bits per heavy atom. The van der Waals surface area contributed by atoms with Crippen LogP contribution >= 0.6 is 10.7 Å². The van der Waals surface area contributed by atoms with Crippen LogP contribution in [-0.4, -0.2) is 38.6 Å². The summed E-state index contributed by atoms with van der Waals surface area (Å²) < 4.78 is 24.2. The second kappa shape index (κ2) is 4.95. The summed E-state index contributed by atoms with van der Waals surface area (Å²) in [6.45, 7) is 6.93. The van der Waals surface area contributed by atoms with E-state index in [1.54, 1.807) is 20.8 Å². The van der Waals surface area contributed by atoms with Crippen molar-refractivity contribution in [3.8, 4) is 0 Å². The molecule has 0 spiro atoms. The first-order valence-electron chi connectivity index (χ1n) is 4.39. The number of rotatable bonds is 4. The highest BCUT2D eigenvalue weighted by molar-refractivity contribution is 8.12. The predicted molar refractivity (Wildman–Crippen MR) is 54.1 cm³/mol. The monoisotopic (exact) mass is 242 g/mol. The maximum absolute atomic E-state index is 11.5. The minimum Gasteiger partial charge on any atom is -0.815 e. The van der Waals surface area contributed by atoms with Gasteiger partial charge in [-0.3, -0.25) is 4.48 Å².